The number of hydrogen-bond acceptors (Lipinski definition) is 6. The molecule has 0 spiro atoms. The molecule has 1 heterocycles. The normalized spacial score (nSPS) is 20.3. The van der Waals surface area contributed by atoms with Gasteiger partial charge in [-0.05, 0) is 25.7 Å². The summed E-state index contributed by atoms with van der Waals surface area (Å²) in [7, 11) is 0. The van der Waals surface area contributed by atoms with Gasteiger partial charge in [-0.2, -0.15) is 0 Å². The first-order valence-electron chi connectivity index (χ1n) is 9.60. The number of aliphatic carboxylic acids is 2. The number of nitrogens with zero attached hydrogens (tertiary/aromatic N) is 1. The Labute approximate surface area is 169 Å². The number of carboxylic acids is 2. The zero-order valence-corrected chi connectivity index (χ0v) is 16.9. The number of likely N-dealkylation sites (tertiary alicyclic amines) is 1. The number of amides is 3. The van der Waals surface area contributed by atoms with Crippen molar-refractivity contribution in [2.45, 2.75) is 70.6 Å². The lowest BCUT2D eigenvalue weighted by molar-refractivity contribution is -0.148. The van der Waals surface area contributed by atoms with Gasteiger partial charge in [-0.1, -0.05) is 20.3 Å². The topological polar surface area (TPSA) is 179 Å². The molecule has 1 saturated heterocycles. The van der Waals surface area contributed by atoms with Gasteiger partial charge in [-0.3, -0.25) is 19.2 Å². The maximum atomic E-state index is 12.7. The van der Waals surface area contributed by atoms with Crippen LogP contribution in [0, 0.1) is 5.92 Å². The van der Waals surface area contributed by atoms with Crippen LogP contribution in [-0.4, -0.2) is 75.5 Å². The highest BCUT2D eigenvalue weighted by Crippen LogP contribution is 2.19. The molecule has 1 aliphatic heterocycles. The summed E-state index contributed by atoms with van der Waals surface area (Å²) in [5.41, 5.74) is 5.87. The van der Waals surface area contributed by atoms with Crippen LogP contribution >= 0.6 is 0 Å². The monoisotopic (exact) mass is 414 g/mol. The fraction of sp³-hybridized carbons (Fsp3) is 0.722. The molecule has 11 nitrogen and oxygen atoms in total. The molecule has 3 amide bonds. The van der Waals surface area contributed by atoms with Crippen LogP contribution in [0.15, 0.2) is 0 Å². The molecule has 0 aromatic rings. The second kappa shape index (κ2) is 10.7. The van der Waals surface area contributed by atoms with Crippen molar-refractivity contribution < 1.29 is 34.2 Å². The van der Waals surface area contributed by atoms with E-state index in [1.54, 1.807) is 0 Å². The maximum absolute atomic E-state index is 12.7. The Morgan fingerprint density at radius 2 is 1.76 bits per heavy atom. The molecule has 6 N–H and O–H groups in total. The molecule has 0 aliphatic carbocycles. The zero-order valence-electron chi connectivity index (χ0n) is 16.9. The summed E-state index contributed by atoms with van der Waals surface area (Å²) in [6, 6.07) is -4.20. The lowest BCUT2D eigenvalue weighted by Crippen LogP contribution is -2.56. The van der Waals surface area contributed by atoms with Crippen molar-refractivity contribution in [1.29, 1.82) is 0 Å². The third-order valence-corrected chi connectivity index (χ3v) is 5.12. The molecule has 1 aliphatic rings. The number of carbonyl (C=O) groups excluding carboxylic acids is 3. The van der Waals surface area contributed by atoms with E-state index in [0.29, 0.717) is 19.3 Å². The van der Waals surface area contributed by atoms with E-state index in [2.05, 4.69) is 10.6 Å². The van der Waals surface area contributed by atoms with Gasteiger partial charge in [-0.25, -0.2) is 4.79 Å². The second-order valence-electron chi connectivity index (χ2n) is 7.33. The molecule has 1 fully saturated rings. The summed E-state index contributed by atoms with van der Waals surface area (Å²) in [6.45, 7) is 5.48. The van der Waals surface area contributed by atoms with Crippen LogP contribution in [0.25, 0.3) is 0 Å². The summed E-state index contributed by atoms with van der Waals surface area (Å²) in [5, 5.41) is 22.6. The second-order valence-corrected chi connectivity index (χ2v) is 7.33. The van der Waals surface area contributed by atoms with Gasteiger partial charge in [-0.15, -0.1) is 0 Å². The highest BCUT2D eigenvalue weighted by Gasteiger charge is 2.38. The molecule has 29 heavy (non-hydrogen) atoms. The number of nitrogens with one attached hydrogen (secondary N) is 2. The van der Waals surface area contributed by atoms with E-state index in [1.165, 1.54) is 11.8 Å². The van der Waals surface area contributed by atoms with Gasteiger partial charge in [0.25, 0.3) is 0 Å². The Hall–Kier alpha value is -2.69. The van der Waals surface area contributed by atoms with Gasteiger partial charge in [0.1, 0.15) is 18.1 Å². The van der Waals surface area contributed by atoms with Crippen molar-refractivity contribution in [1.82, 2.24) is 15.5 Å². The van der Waals surface area contributed by atoms with Crippen molar-refractivity contribution in [2.24, 2.45) is 11.7 Å². The zero-order chi connectivity index (χ0) is 22.3. The van der Waals surface area contributed by atoms with Gasteiger partial charge in [0.05, 0.1) is 12.5 Å². The molecule has 0 aromatic carbocycles. The minimum atomic E-state index is -1.59. The van der Waals surface area contributed by atoms with Crippen LogP contribution in [0.3, 0.4) is 0 Å². The molecular formula is C18H30N4O7. The Balaban J connectivity index is 2.77. The van der Waals surface area contributed by atoms with E-state index in [0.717, 1.165) is 0 Å². The Kier molecular flexibility index (Phi) is 9.02. The van der Waals surface area contributed by atoms with Crippen molar-refractivity contribution in [3.05, 3.63) is 0 Å². The van der Waals surface area contributed by atoms with Crippen LogP contribution in [0.4, 0.5) is 0 Å². The Bertz CT molecular complexity index is 654. The smallest absolute Gasteiger partial charge is 0.326 e. The fourth-order valence-electron chi connectivity index (χ4n) is 3.08. The lowest BCUT2D eigenvalue weighted by Gasteiger charge is -2.28. The largest absolute Gasteiger partial charge is 0.481 e. The number of carbonyl (C=O) groups is 5. The first-order chi connectivity index (χ1) is 13.5. The minimum absolute atomic E-state index is 0.0650. The molecule has 5 unspecified atom stereocenters. The summed E-state index contributed by atoms with van der Waals surface area (Å²) >= 11 is 0. The standard InChI is InChI=1S/C18H30N4O7/c1-4-9(2)14(19)16(26)20-10(3)17(27)22-7-5-6-12(22)15(25)21-11(18(28)29)8-13(23)24/h9-12,14H,4-8,19H2,1-3H3,(H,20,26)(H,21,25)(H,23,24)(H,28,29). The van der Waals surface area contributed by atoms with Crippen molar-refractivity contribution in [3.63, 3.8) is 0 Å². The third-order valence-electron chi connectivity index (χ3n) is 5.12. The molecule has 0 radical (unpaired) electrons. The average Bonchev–Trinajstić information content (AvgIpc) is 3.14. The molecule has 0 bridgehead atoms. The highest BCUT2D eigenvalue weighted by atomic mass is 16.4. The summed E-state index contributed by atoms with van der Waals surface area (Å²) in [4.78, 5) is 60.6. The molecular weight excluding hydrogens is 384 g/mol. The molecule has 11 heteroatoms. The number of rotatable bonds is 10. The van der Waals surface area contributed by atoms with Crippen molar-refractivity contribution in [2.75, 3.05) is 6.54 Å². The van der Waals surface area contributed by atoms with Gasteiger partial charge in [0.15, 0.2) is 0 Å². The number of nitrogens with two attached hydrogens (primary N) is 1. The van der Waals surface area contributed by atoms with E-state index in [1.807, 2.05) is 13.8 Å². The molecule has 0 saturated carbocycles. The number of carboxylic acid groups (broad SMARTS) is 2. The summed E-state index contributed by atoms with van der Waals surface area (Å²) in [5.74, 6) is -4.60. The van der Waals surface area contributed by atoms with Gasteiger partial charge < -0.3 is 31.5 Å². The maximum Gasteiger partial charge on any atom is 0.326 e. The predicted octanol–water partition coefficient (Wildman–Crippen LogP) is -1.10. The van der Waals surface area contributed by atoms with Crippen LogP contribution in [-0.2, 0) is 24.0 Å². The fourth-order valence-corrected chi connectivity index (χ4v) is 3.08. The lowest BCUT2D eigenvalue weighted by atomic mass is 9.99. The quantitative estimate of drug-likeness (QED) is 0.299. The molecule has 0 aromatic heterocycles. The van der Waals surface area contributed by atoms with E-state index in [4.69, 9.17) is 15.9 Å². The third kappa shape index (κ3) is 6.70. The van der Waals surface area contributed by atoms with Crippen molar-refractivity contribution >= 4 is 29.7 Å². The first kappa shape index (κ1) is 24.3. The van der Waals surface area contributed by atoms with Crippen LogP contribution in [0.2, 0.25) is 0 Å². The predicted molar refractivity (Wildman–Crippen MR) is 102 cm³/mol. The van der Waals surface area contributed by atoms with E-state index in [-0.39, 0.29) is 12.5 Å². The van der Waals surface area contributed by atoms with Gasteiger partial charge >= 0.3 is 11.9 Å². The van der Waals surface area contributed by atoms with Crippen LogP contribution < -0.4 is 16.4 Å². The minimum Gasteiger partial charge on any atom is -0.481 e. The SMILES string of the molecule is CCC(C)C(N)C(=O)NC(C)C(=O)N1CCCC1C(=O)NC(CC(=O)O)C(=O)O. The molecule has 5 atom stereocenters. The average molecular weight is 414 g/mol. The van der Waals surface area contributed by atoms with E-state index < -0.39 is 60.2 Å². The van der Waals surface area contributed by atoms with Gasteiger partial charge in [0.2, 0.25) is 17.7 Å². The van der Waals surface area contributed by atoms with Crippen molar-refractivity contribution in [3.8, 4) is 0 Å². The Morgan fingerprint density at radius 3 is 2.28 bits per heavy atom. The Morgan fingerprint density at radius 1 is 1.14 bits per heavy atom. The molecule has 164 valence electrons. The van der Waals surface area contributed by atoms with Crippen LogP contribution in [0.1, 0.15) is 46.5 Å². The summed E-state index contributed by atoms with van der Waals surface area (Å²) < 4.78 is 0. The number of hydrogen-bond donors (Lipinski definition) is 5. The van der Waals surface area contributed by atoms with Crippen LogP contribution in [0.5, 0.6) is 0 Å². The molecule has 1 rings (SSSR count). The summed E-state index contributed by atoms with van der Waals surface area (Å²) in [6.07, 6.45) is 0.756. The van der Waals surface area contributed by atoms with E-state index in [9.17, 15) is 24.0 Å². The highest BCUT2D eigenvalue weighted by molar-refractivity contribution is 5.94. The van der Waals surface area contributed by atoms with E-state index >= 15 is 0 Å². The first-order valence-corrected chi connectivity index (χ1v) is 9.60. The van der Waals surface area contributed by atoms with Gasteiger partial charge in [0, 0.05) is 6.54 Å².